The smallest absolute Gasteiger partial charge is 0.311 e. The summed E-state index contributed by atoms with van der Waals surface area (Å²) < 4.78 is 0. The van der Waals surface area contributed by atoms with Crippen LogP contribution in [0.15, 0.2) is 24.3 Å². The number of nitrogens with one attached hydrogen (secondary N) is 1. The van der Waals surface area contributed by atoms with Crippen LogP contribution in [0.3, 0.4) is 0 Å². The fraction of sp³-hybridized carbons (Fsp3) is 0.529. The highest BCUT2D eigenvalue weighted by molar-refractivity contribution is 6.35. The topological polar surface area (TPSA) is 75.4 Å². The molecule has 0 unspecified atom stereocenters. The Bertz CT molecular complexity index is 559. The molecule has 5 heteroatoms. The Morgan fingerprint density at radius 1 is 1.32 bits per heavy atom. The number of aryl methyl sites for hydroxylation is 1. The van der Waals surface area contributed by atoms with Gasteiger partial charge in [-0.3, -0.25) is 9.59 Å². The van der Waals surface area contributed by atoms with Crippen molar-refractivity contribution in [3.05, 3.63) is 35.4 Å². The fourth-order valence-electron chi connectivity index (χ4n) is 2.65. The number of rotatable bonds is 2. The van der Waals surface area contributed by atoms with Gasteiger partial charge in [-0.05, 0) is 39.2 Å². The highest BCUT2D eigenvalue weighted by Gasteiger charge is 2.31. The van der Waals surface area contributed by atoms with E-state index in [9.17, 15) is 9.59 Å². The van der Waals surface area contributed by atoms with Gasteiger partial charge in [-0.1, -0.05) is 29.8 Å². The zero-order valence-corrected chi connectivity index (χ0v) is 13.6. The number of carbonyl (C=O) groups is 2. The molecule has 5 nitrogen and oxygen atoms in total. The third-order valence-corrected chi connectivity index (χ3v) is 4.28. The van der Waals surface area contributed by atoms with Crippen LogP contribution in [-0.4, -0.2) is 35.3 Å². The van der Waals surface area contributed by atoms with Gasteiger partial charge in [0.2, 0.25) is 0 Å². The van der Waals surface area contributed by atoms with Gasteiger partial charge >= 0.3 is 11.8 Å². The molecule has 1 aromatic carbocycles. The molecular formula is C17H25N3O2. The molecule has 0 radical (unpaired) electrons. The first-order chi connectivity index (χ1) is 10.3. The van der Waals surface area contributed by atoms with Gasteiger partial charge in [0.1, 0.15) is 0 Å². The van der Waals surface area contributed by atoms with Crippen molar-refractivity contribution in [2.24, 2.45) is 5.73 Å². The quantitative estimate of drug-likeness (QED) is 0.813. The molecule has 3 N–H and O–H groups in total. The minimum absolute atomic E-state index is 0.194. The monoisotopic (exact) mass is 303 g/mol. The molecule has 22 heavy (non-hydrogen) atoms. The molecule has 2 amide bonds. The van der Waals surface area contributed by atoms with E-state index in [0.717, 1.165) is 24.0 Å². The van der Waals surface area contributed by atoms with Crippen molar-refractivity contribution in [1.29, 1.82) is 0 Å². The largest absolute Gasteiger partial charge is 0.341 e. The summed E-state index contributed by atoms with van der Waals surface area (Å²) in [5.41, 5.74) is 7.94. The fourth-order valence-corrected chi connectivity index (χ4v) is 2.65. The summed E-state index contributed by atoms with van der Waals surface area (Å²) in [6.07, 6.45) is 1.44. The molecule has 1 heterocycles. The first-order valence-electron chi connectivity index (χ1n) is 7.74. The molecule has 1 aliphatic heterocycles. The van der Waals surface area contributed by atoms with Gasteiger partial charge in [-0.15, -0.1) is 0 Å². The van der Waals surface area contributed by atoms with Crippen LogP contribution >= 0.6 is 0 Å². The van der Waals surface area contributed by atoms with Gasteiger partial charge in [0.25, 0.3) is 0 Å². The van der Waals surface area contributed by atoms with E-state index in [1.807, 2.05) is 45.0 Å². The first-order valence-corrected chi connectivity index (χ1v) is 7.74. The molecular weight excluding hydrogens is 278 g/mol. The Morgan fingerprint density at radius 2 is 1.95 bits per heavy atom. The Morgan fingerprint density at radius 3 is 2.55 bits per heavy atom. The third kappa shape index (κ3) is 4.07. The molecule has 1 aliphatic rings. The molecule has 1 fully saturated rings. The lowest BCUT2D eigenvalue weighted by atomic mass is 9.91. The normalized spacial score (nSPS) is 18.6. The van der Waals surface area contributed by atoms with Crippen molar-refractivity contribution in [3.63, 3.8) is 0 Å². The lowest BCUT2D eigenvalue weighted by molar-refractivity contribution is -0.147. The number of nitrogens with zero attached hydrogens (tertiary/aromatic N) is 1. The number of piperidine rings is 1. The molecule has 0 aliphatic carbocycles. The second-order valence-corrected chi connectivity index (χ2v) is 6.56. The Balaban J connectivity index is 1.93. The number of carbonyl (C=O) groups excluding carboxylic acids is 2. The molecule has 2 rings (SSSR count). The molecule has 120 valence electrons. The summed E-state index contributed by atoms with van der Waals surface area (Å²) >= 11 is 0. The van der Waals surface area contributed by atoms with Gasteiger partial charge in [0.05, 0.1) is 6.04 Å². The van der Waals surface area contributed by atoms with Crippen molar-refractivity contribution in [1.82, 2.24) is 10.2 Å². The van der Waals surface area contributed by atoms with Crippen LogP contribution in [0, 0.1) is 6.92 Å². The maximum absolute atomic E-state index is 12.2. The summed E-state index contributed by atoms with van der Waals surface area (Å²) in [5.74, 6) is -1.01. The number of hydrogen-bond donors (Lipinski definition) is 2. The van der Waals surface area contributed by atoms with E-state index >= 15 is 0 Å². The second-order valence-electron chi connectivity index (χ2n) is 6.56. The maximum atomic E-state index is 12.2. The summed E-state index contributed by atoms with van der Waals surface area (Å²) in [7, 11) is 0. The summed E-state index contributed by atoms with van der Waals surface area (Å²) in [6.45, 7) is 6.94. The van der Waals surface area contributed by atoms with Gasteiger partial charge < -0.3 is 16.0 Å². The van der Waals surface area contributed by atoms with Crippen molar-refractivity contribution >= 4 is 11.8 Å². The third-order valence-electron chi connectivity index (χ3n) is 4.28. The lowest BCUT2D eigenvalue weighted by Gasteiger charge is -2.36. The zero-order valence-electron chi connectivity index (χ0n) is 13.6. The Kier molecular flexibility index (Phi) is 4.86. The average Bonchev–Trinajstić information content (AvgIpc) is 2.46. The maximum Gasteiger partial charge on any atom is 0.311 e. The van der Waals surface area contributed by atoms with Gasteiger partial charge in [-0.25, -0.2) is 0 Å². The Hall–Kier alpha value is -1.88. The lowest BCUT2D eigenvalue weighted by Crippen LogP contribution is -2.53. The highest BCUT2D eigenvalue weighted by Crippen LogP contribution is 2.19. The van der Waals surface area contributed by atoms with E-state index in [1.165, 1.54) is 0 Å². The van der Waals surface area contributed by atoms with E-state index in [4.69, 9.17) is 5.73 Å². The van der Waals surface area contributed by atoms with Gasteiger partial charge in [0, 0.05) is 18.6 Å². The van der Waals surface area contributed by atoms with Gasteiger partial charge in [0.15, 0.2) is 0 Å². The number of hydrogen-bond acceptors (Lipinski definition) is 3. The standard InChI is InChI=1S/C17H25N3O2/c1-12-5-4-6-14(11-12)13(2)19-15(21)16(22)20-9-7-17(3,18)8-10-20/h4-6,11,13H,7-10,18H2,1-3H3,(H,19,21)/t13-/m1/s1. The average molecular weight is 303 g/mol. The van der Waals surface area contributed by atoms with Crippen LogP contribution in [0.4, 0.5) is 0 Å². The van der Waals surface area contributed by atoms with Crippen molar-refractivity contribution in [2.75, 3.05) is 13.1 Å². The summed E-state index contributed by atoms with van der Waals surface area (Å²) in [4.78, 5) is 25.9. The molecule has 0 aromatic heterocycles. The number of amides is 2. The van der Waals surface area contributed by atoms with E-state index in [1.54, 1.807) is 4.90 Å². The molecule has 0 bridgehead atoms. The second kappa shape index (κ2) is 6.48. The van der Waals surface area contributed by atoms with E-state index in [2.05, 4.69) is 5.32 Å². The van der Waals surface area contributed by atoms with Crippen LogP contribution < -0.4 is 11.1 Å². The predicted octanol–water partition coefficient (Wildman–Crippen LogP) is 1.51. The first kappa shape index (κ1) is 16.5. The van der Waals surface area contributed by atoms with E-state index < -0.39 is 11.8 Å². The van der Waals surface area contributed by atoms with Crippen molar-refractivity contribution in [2.45, 2.75) is 45.2 Å². The molecule has 0 spiro atoms. The van der Waals surface area contributed by atoms with Gasteiger partial charge in [-0.2, -0.15) is 0 Å². The van der Waals surface area contributed by atoms with Crippen LogP contribution in [-0.2, 0) is 9.59 Å². The number of nitrogens with two attached hydrogens (primary N) is 1. The molecule has 1 atom stereocenters. The van der Waals surface area contributed by atoms with E-state index in [-0.39, 0.29) is 11.6 Å². The van der Waals surface area contributed by atoms with Crippen LogP contribution in [0.2, 0.25) is 0 Å². The zero-order chi connectivity index (χ0) is 16.3. The van der Waals surface area contributed by atoms with Crippen LogP contribution in [0.5, 0.6) is 0 Å². The molecule has 1 saturated heterocycles. The molecule has 0 saturated carbocycles. The van der Waals surface area contributed by atoms with Crippen LogP contribution in [0.1, 0.15) is 43.9 Å². The number of likely N-dealkylation sites (tertiary alicyclic amines) is 1. The SMILES string of the molecule is Cc1cccc([C@@H](C)NC(=O)C(=O)N2CCC(C)(N)CC2)c1. The van der Waals surface area contributed by atoms with E-state index in [0.29, 0.717) is 13.1 Å². The minimum Gasteiger partial charge on any atom is -0.341 e. The summed E-state index contributed by atoms with van der Waals surface area (Å²) in [5, 5.41) is 2.78. The summed E-state index contributed by atoms with van der Waals surface area (Å²) in [6, 6.07) is 7.71. The van der Waals surface area contributed by atoms with Crippen molar-refractivity contribution in [3.8, 4) is 0 Å². The molecule has 1 aromatic rings. The minimum atomic E-state index is -0.547. The highest BCUT2D eigenvalue weighted by atomic mass is 16.2. The number of benzene rings is 1. The Labute approximate surface area is 131 Å². The van der Waals surface area contributed by atoms with Crippen molar-refractivity contribution < 1.29 is 9.59 Å². The van der Waals surface area contributed by atoms with Crippen LogP contribution in [0.25, 0.3) is 0 Å². The predicted molar refractivity (Wildman–Crippen MR) is 86.1 cm³/mol.